The van der Waals surface area contributed by atoms with Crippen molar-refractivity contribution in [2.75, 3.05) is 18.5 Å². The van der Waals surface area contributed by atoms with Crippen molar-refractivity contribution >= 4 is 23.1 Å². The molecule has 6 heteroatoms. The number of rotatable bonds is 14. The second kappa shape index (κ2) is 13.8. The molecule has 1 aliphatic heterocycles. The Morgan fingerprint density at radius 3 is 1.94 bits per heavy atom. The fourth-order valence-corrected chi connectivity index (χ4v) is 5.15. The van der Waals surface area contributed by atoms with Crippen LogP contribution in [0.15, 0.2) is 34.1 Å². The van der Waals surface area contributed by atoms with Gasteiger partial charge in [0.1, 0.15) is 29.0 Å². The van der Waals surface area contributed by atoms with E-state index in [0.29, 0.717) is 24.7 Å². The minimum absolute atomic E-state index is 0.253. The normalized spacial score (nSPS) is 11.5. The zero-order valence-corrected chi connectivity index (χ0v) is 21.2. The van der Waals surface area contributed by atoms with Gasteiger partial charge in [-0.1, -0.05) is 89.1 Å². The fraction of sp³-hybridized carbons (Fsp3) is 0.500. The van der Waals surface area contributed by atoms with Crippen molar-refractivity contribution in [2.24, 2.45) is 0 Å². The minimum atomic E-state index is 0.253. The molecular formula is C28H35N3O2S. The first kappa shape index (κ1) is 25.8. The van der Waals surface area contributed by atoms with Crippen LogP contribution in [0.3, 0.4) is 0 Å². The summed E-state index contributed by atoms with van der Waals surface area (Å²) in [5.41, 5.74) is 2.22. The number of para-hydroxylation sites is 1. The Morgan fingerprint density at radius 2 is 1.32 bits per heavy atom. The molecule has 0 spiro atoms. The molecule has 0 amide bonds. The van der Waals surface area contributed by atoms with E-state index in [2.05, 4.69) is 31.3 Å². The first-order valence-electron chi connectivity index (χ1n) is 12.6. The number of fused-ring (bicyclic) bond motifs is 2. The van der Waals surface area contributed by atoms with Crippen LogP contribution in [0.1, 0.15) is 89.2 Å². The molecule has 180 valence electrons. The first-order chi connectivity index (χ1) is 16.7. The molecule has 0 saturated heterocycles. The molecule has 0 radical (unpaired) electrons. The highest BCUT2D eigenvalue weighted by atomic mass is 32.2. The Labute approximate surface area is 208 Å². The molecule has 1 heterocycles. The second-order valence-electron chi connectivity index (χ2n) is 8.58. The van der Waals surface area contributed by atoms with Gasteiger partial charge < -0.3 is 14.8 Å². The molecule has 0 unspecified atom stereocenters. The summed E-state index contributed by atoms with van der Waals surface area (Å²) >= 11 is 1.57. The van der Waals surface area contributed by atoms with E-state index in [1.807, 2.05) is 24.3 Å². The van der Waals surface area contributed by atoms with Gasteiger partial charge in [0.2, 0.25) is 0 Å². The summed E-state index contributed by atoms with van der Waals surface area (Å²) in [5.74, 6) is 0.952. The Bertz CT molecular complexity index is 957. The summed E-state index contributed by atoms with van der Waals surface area (Å²) in [6.45, 7) is 5.43. The smallest absolute Gasteiger partial charge is 0.163 e. The quantitative estimate of drug-likeness (QED) is 0.235. The van der Waals surface area contributed by atoms with Gasteiger partial charge in [0.05, 0.1) is 23.8 Å². The van der Waals surface area contributed by atoms with E-state index < -0.39 is 0 Å². The largest absolute Gasteiger partial charge is 0.491 e. The summed E-state index contributed by atoms with van der Waals surface area (Å²) in [5, 5.41) is 23.5. The third-order valence-corrected chi connectivity index (χ3v) is 7.10. The summed E-state index contributed by atoms with van der Waals surface area (Å²) in [7, 11) is 0. The number of nitrogens with one attached hydrogen (secondary N) is 1. The molecule has 34 heavy (non-hydrogen) atoms. The molecule has 2 aromatic carbocycles. The molecule has 0 saturated carbocycles. The topological polar surface area (TPSA) is 78.1 Å². The molecule has 1 N–H and O–H groups in total. The van der Waals surface area contributed by atoms with E-state index in [9.17, 15) is 10.5 Å². The molecule has 1 aliphatic rings. The van der Waals surface area contributed by atoms with E-state index in [-0.39, 0.29) is 11.1 Å². The number of hydrogen-bond donors (Lipinski definition) is 1. The third kappa shape index (κ3) is 6.39. The Balaban J connectivity index is 1.90. The van der Waals surface area contributed by atoms with Crippen molar-refractivity contribution in [3.05, 3.63) is 35.4 Å². The highest BCUT2D eigenvalue weighted by Crippen LogP contribution is 2.54. The van der Waals surface area contributed by atoms with Gasteiger partial charge in [-0.2, -0.15) is 10.5 Å². The van der Waals surface area contributed by atoms with Crippen molar-refractivity contribution < 1.29 is 9.47 Å². The predicted octanol–water partition coefficient (Wildman–Crippen LogP) is 8.34. The summed E-state index contributed by atoms with van der Waals surface area (Å²) < 4.78 is 12.4. The van der Waals surface area contributed by atoms with E-state index in [0.717, 1.165) is 46.8 Å². The number of ether oxygens (including phenoxy) is 2. The summed E-state index contributed by atoms with van der Waals surface area (Å²) in [6, 6.07) is 12.5. The maximum atomic E-state index is 10.0. The van der Waals surface area contributed by atoms with Crippen LogP contribution in [0.2, 0.25) is 0 Å². The summed E-state index contributed by atoms with van der Waals surface area (Å²) in [6.07, 6.45) is 11.2. The second-order valence-corrected chi connectivity index (χ2v) is 9.64. The molecule has 0 bridgehead atoms. The average molecular weight is 478 g/mol. The van der Waals surface area contributed by atoms with Gasteiger partial charge in [0.15, 0.2) is 11.5 Å². The van der Waals surface area contributed by atoms with Crippen molar-refractivity contribution in [2.45, 2.75) is 87.8 Å². The number of nitrogens with zero attached hydrogens (tertiary/aromatic N) is 2. The van der Waals surface area contributed by atoms with E-state index >= 15 is 0 Å². The van der Waals surface area contributed by atoms with Crippen LogP contribution in [0, 0.1) is 22.7 Å². The number of benzene rings is 2. The number of hydrogen-bond acceptors (Lipinski definition) is 6. The Morgan fingerprint density at radius 1 is 0.765 bits per heavy atom. The number of unbranched alkanes of at least 4 members (excludes halogenated alkanes) is 8. The average Bonchev–Trinajstić information content (AvgIpc) is 2.87. The fourth-order valence-electron chi connectivity index (χ4n) is 4.05. The van der Waals surface area contributed by atoms with Gasteiger partial charge in [0.25, 0.3) is 0 Å². The molecule has 3 rings (SSSR count). The van der Waals surface area contributed by atoms with Gasteiger partial charge in [-0.3, -0.25) is 0 Å². The Kier molecular flexibility index (Phi) is 10.4. The highest BCUT2D eigenvalue weighted by Gasteiger charge is 2.30. The number of anilines is 2. The molecule has 0 aliphatic carbocycles. The molecule has 0 atom stereocenters. The SMILES string of the molecule is CCCCCCCOc1c(C#N)c(C#N)c(OCCCCCCC)c2c1Nc1ccccc1S2. The Hall–Kier alpha value is -2.83. The van der Waals surface area contributed by atoms with Gasteiger partial charge in [-0.25, -0.2) is 0 Å². The lowest BCUT2D eigenvalue weighted by molar-refractivity contribution is 0.290. The van der Waals surface area contributed by atoms with E-state index in [1.165, 1.54) is 38.5 Å². The van der Waals surface area contributed by atoms with Crippen LogP contribution in [0.5, 0.6) is 11.5 Å². The van der Waals surface area contributed by atoms with Gasteiger partial charge in [-0.15, -0.1) is 0 Å². The standard InChI is InChI=1S/C28H35N3O2S/c1-3-5-7-9-13-17-32-26-21(19-29)22(20-30)27(33-18-14-10-8-6-4-2)28-25(26)31-23-15-11-12-16-24(23)34-28/h11-12,15-16,31H,3-10,13-14,17-18H2,1-2H3. The lowest BCUT2D eigenvalue weighted by Gasteiger charge is -2.27. The van der Waals surface area contributed by atoms with E-state index in [1.54, 1.807) is 11.8 Å². The maximum Gasteiger partial charge on any atom is 0.163 e. The predicted molar refractivity (Wildman–Crippen MR) is 138 cm³/mol. The minimum Gasteiger partial charge on any atom is -0.491 e. The van der Waals surface area contributed by atoms with Crippen LogP contribution in [-0.4, -0.2) is 13.2 Å². The third-order valence-electron chi connectivity index (χ3n) is 5.94. The zero-order valence-electron chi connectivity index (χ0n) is 20.4. The van der Waals surface area contributed by atoms with Gasteiger partial charge in [0, 0.05) is 4.90 Å². The van der Waals surface area contributed by atoms with Crippen LogP contribution in [0.25, 0.3) is 0 Å². The van der Waals surface area contributed by atoms with Crippen molar-refractivity contribution in [1.29, 1.82) is 10.5 Å². The van der Waals surface area contributed by atoms with Crippen molar-refractivity contribution in [1.82, 2.24) is 0 Å². The molecule has 0 fully saturated rings. The van der Waals surface area contributed by atoms with Crippen LogP contribution < -0.4 is 14.8 Å². The zero-order chi connectivity index (χ0) is 24.2. The first-order valence-corrected chi connectivity index (χ1v) is 13.4. The summed E-state index contributed by atoms with van der Waals surface area (Å²) in [4.78, 5) is 1.88. The number of nitriles is 2. The monoisotopic (exact) mass is 477 g/mol. The lowest BCUT2D eigenvalue weighted by Crippen LogP contribution is -2.11. The van der Waals surface area contributed by atoms with Crippen LogP contribution in [0.4, 0.5) is 11.4 Å². The van der Waals surface area contributed by atoms with Crippen LogP contribution in [-0.2, 0) is 0 Å². The highest BCUT2D eigenvalue weighted by molar-refractivity contribution is 7.99. The molecule has 5 nitrogen and oxygen atoms in total. The molecule has 2 aromatic rings. The molecular weight excluding hydrogens is 442 g/mol. The van der Waals surface area contributed by atoms with Crippen molar-refractivity contribution in [3.8, 4) is 23.6 Å². The van der Waals surface area contributed by atoms with Crippen LogP contribution >= 0.6 is 11.8 Å². The van der Waals surface area contributed by atoms with Gasteiger partial charge in [-0.05, 0) is 25.0 Å². The van der Waals surface area contributed by atoms with Crippen molar-refractivity contribution in [3.63, 3.8) is 0 Å². The van der Waals surface area contributed by atoms with E-state index in [4.69, 9.17) is 9.47 Å². The van der Waals surface area contributed by atoms with Gasteiger partial charge >= 0.3 is 0 Å². The maximum absolute atomic E-state index is 10.0. The lowest BCUT2D eigenvalue weighted by atomic mass is 10.0. The molecule has 0 aromatic heterocycles.